The molecule has 1 saturated heterocycles. The summed E-state index contributed by atoms with van der Waals surface area (Å²) in [5.41, 5.74) is 4.88. The van der Waals surface area contributed by atoms with E-state index >= 15 is 0 Å². The predicted molar refractivity (Wildman–Crippen MR) is 109 cm³/mol. The highest BCUT2D eigenvalue weighted by Crippen LogP contribution is 2.17. The van der Waals surface area contributed by atoms with E-state index in [0.29, 0.717) is 18.1 Å². The summed E-state index contributed by atoms with van der Waals surface area (Å²) in [6, 6.07) is 13.7. The molecule has 0 bridgehead atoms. The molecular formula is C22H27N3O2. The lowest BCUT2D eigenvalue weighted by atomic mass is 10.1. The van der Waals surface area contributed by atoms with Crippen LogP contribution < -0.4 is 10.6 Å². The molecule has 1 unspecified atom stereocenters. The van der Waals surface area contributed by atoms with E-state index in [4.69, 9.17) is 4.74 Å². The molecule has 3 rings (SSSR count). The molecule has 27 heavy (non-hydrogen) atoms. The molecule has 1 heterocycles. The van der Waals surface area contributed by atoms with Gasteiger partial charge in [-0.2, -0.15) is 0 Å². The molecule has 0 aromatic heterocycles. The first kappa shape index (κ1) is 19.1. The third-order valence-electron chi connectivity index (χ3n) is 4.62. The van der Waals surface area contributed by atoms with Gasteiger partial charge in [0.25, 0.3) is 5.91 Å². The number of guanidine groups is 1. The van der Waals surface area contributed by atoms with Crippen molar-refractivity contribution in [1.29, 1.82) is 0 Å². The SMILES string of the molecule is Cc1cccc(C(=O)NC(=NCC2CCCO2)Nc2ccc(C)cc2C)c1. The van der Waals surface area contributed by atoms with E-state index < -0.39 is 0 Å². The molecule has 0 radical (unpaired) electrons. The average Bonchev–Trinajstić information content (AvgIpc) is 3.15. The Kier molecular flexibility index (Phi) is 6.24. The Balaban J connectivity index is 1.78. The summed E-state index contributed by atoms with van der Waals surface area (Å²) in [7, 11) is 0. The molecule has 1 fully saturated rings. The van der Waals surface area contributed by atoms with Crippen LogP contribution in [0.2, 0.25) is 0 Å². The highest BCUT2D eigenvalue weighted by molar-refractivity contribution is 6.10. The van der Waals surface area contributed by atoms with E-state index in [-0.39, 0.29) is 12.0 Å². The monoisotopic (exact) mass is 365 g/mol. The number of nitrogens with zero attached hydrogens (tertiary/aromatic N) is 1. The third-order valence-corrected chi connectivity index (χ3v) is 4.62. The van der Waals surface area contributed by atoms with Gasteiger partial charge in [-0.25, -0.2) is 4.99 Å². The van der Waals surface area contributed by atoms with Crippen molar-refractivity contribution < 1.29 is 9.53 Å². The number of hydrogen-bond donors (Lipinski definition) is 2. The number of aliphatic imine (C=N–C) groups is 1. The molecule has 0 aliphatic carbocycles. The van der Waals surface area contributed by atoms with Crippen molar-refractivity contribution in [2.24, 2.45) is 4.99 Å². The number of aryl methyl sites for hydroxylation is 3. The van der Waals surface area contributed by atoms with Crippen molar-refractivity contribution in [1.82, 2.24) is 5.32 Å². The van der Waals surface area contributed by atoms with E-state index in [1.165, 1.54) is 5.56 Å². The van der Waals surface area contributed by atoms with Gasteiger partial charge in [0.15, 0.2) is 0 Å². The smallest absolute Gasteiger partial charge is 0.257 e. The minimum atomic E-state index is -0.179. The number of hydrogen-bond acceptors (Lipinski definition) is 3. The van der Waals surface area contributed by atoms with Crippen LogP contribution in [0.4, 0.5) is 5.69 Å². The Bertz CT molecular complexity index is 839. The van der Waals surface area contributed by atoms with E-state index in [1.54, 1.807) is 6.07 Å². The Labute approximate surface area is 160 Å². The van der Waals surface area contributed by atoms with Gasteiger partial charge < -0.3 is 10.1 Å². The van der Waals surface area contributed by atoms with Crippen molar-refractivity contribution >= 4 is 17.6 Å². The number of carbonyl (C=O) groups excluding carboxylic acids is 1. The molecule has 5 nitrogen and oxygen atoms in total. The molecule has 0 spiro atoms. The van der Waals surface area contributed by atoms with E-state index in [0.717, 1.165) is 36.3 Å². The fraction of sp³-hybridized carbons (Fsp3) is 0.364. The van der Waals surface area contributed by atoms with Gasteiger partial charge in [0, 0.05) is 17.9 Å². The summed E-state index contributed by atoms with van der Waals surface area (Å²) in [5, 5.41) is 6.20. The first-order valence-corrected chi connectivity index (χ1v) is 9.39. The van der Waals surface area contributed by atoms with Crippen molar-refractivity contribution in [2.75, 3.05) is 18.5 Å². The molecule has 142 valence electrons. The summed E-state index contributed by atoms with van der Waals surface area (Å²) in [4.78, 5) is 17.3. The summed E-state index contributed by atoms with van der Waals surface area (Å²) in [6.45, 7) is 7.38. The zero-order chi connectivity index (χ0) is 19.2. The summed E-state index contributed by atoms with van der Waals surface area (Å²) in [5.74, 6) is 0.269. The molecule has 1 aliphatic rings. The number of benzene rings is 2. The zero-order valence-corrected chi connectivity index (χ0v) is 16.2. The van der Waals surface area contributed by atoms with Crippen molar-refractivity contribution in [3.05, 3.63) is 64.7 Å². The predicted octanol–water partition coefficient (Wildman–Crippen LogP) is 3.99. The van der Waals surface area contributed by atoms with Gasteiger partial charge in [0.1, 0.15) is 0 Å². The van der Waals surface area contributed by atoms with Crippen LogP contribution in [0.25, 0.3) is 0 Å². The van der Waals surface area contributed by atoms with Crippen molar-refractivity contribution in [3.63, 3.8) is 0 Å². The van der Waals surface area contributed by atoms with Gasteiger partial charge in [-0.3, -0.25) is 10.1 Å². The van der Waals surface area contributed by atoms with Crippen LogP contribution in [-0.4, -0.2) is 31.1 Å². The summed E-state index contributed by atoms with van der Waals surface area (Å²) in [6.07, 6.45) is 2.19. The van der Waals surface area contributed by atoms with E-state index in [2.05, 4.69) is 28.6 Å². The Morgan fingerprint density at radius 1 is 1.15 bits per heavy atom. The molecule has 5 heteroatoms. The maximum Gasteiger partial charge on any atom is 0.257 e. The third kappa shape index (κ3) is 5.41. The first-order chi connectivity index (χ1) is 13.0. The van der Waals surface area contributed by atoms with Gasteiger partial charge in [-0.05, 0) is 57.4 Å². The summed E-state index contributed by atoms with van der Waals surface area (Å²) < 4.78 is 5.65. The van der Waals surface area contributed by atoms with Crippen molar-refractivity contribution in [3.8, 4) is 0 Å². The molecule has 2 N–H and O–H groups in total. The maximum absolute atomic E-state index is 12.7. The quantitative estimate of drug-likeness (QED) is 0.636. The number of ether oxygens (including phenoxy) is 1. The van der Waals surface area contributed by atoms with E-state index in [1.807, 2.05) is 44.2 Å². The largest absolute Gasteiger partial charge is 0.376 e. The van der Waals surface area contributed by atoms with Gasteiger partial charge in [-0.15, -0.1) is 0 Å². The van der Waals surface area contributed by atoms with Gasteiger partial charge in [-0.1, -0.05) is 35.4 Å². The fourth-order valence-electron chi connectivity index (χ4n) is 3.14. The molecule has 2 aromatic rings. The zero-order valence-electron chi connectivity index (χ0n) is 16.2. The molecule has 1 atom stereocenters. The fourth-order valence-corrected chi connectivity index (χ4v) is 3.14. The molecule has 2 aromatic carbocycles. The molecule has 1 aliphatic heterocycles. The average molecular weight is 365 g/mol. The van der Waals surface area contributed by atoms with Gasteiger partial charge in [0.2, 0.25) is 5.96 Å². The summed E-state index contributed by atoms with van der Waals surface area (Å²) >= 11 is 0. The Hall–Kier alpha value is -2.66. The topological polar surface area (TPSA) is 62.7 Å². The second kappa shape index (κ2) is 8.82. The highest BCUT2D eigenvalue weighted by Gasteiger charge is 2.16. The number of rotatable bonds is 4. The standard InChI is InChI=1S/C22H27N3O2/c1-15-6-4-7-18(13-15)21(26)25-22(23-14-19-8-5-11-27-19)24-20-10-9-16(2)12-17(20)3/h4,6-7,9-10,12-13,19H,5,8,11,14H2,1-3H3,(H2,23,24,25,26). The molecule has 0 saturated carbocycles. The van der Waals surface area contributed by atoms with Crippen LogP contribution in [0.15, 0.2) is 47.5 Å². The Morgan fingerprint density at radius 2 is 1.96 bits per heavy atom. The second-order valence-electron chi connectivity index (χ2n) is 7.09. The lowest BCUT2D eigenvalue weighted by molar-refractivity contribution is 0.0975. The van der Waals surface area contributed by atoms with E-state index in [9.17, 15) is 4.79 Å². The minimum absolute atomic E-state index is 0.122. The maximum atomic E-state index is 12.7. The Morgan fingerprint density at radius 3 is 2.67 bits per heavy atom. The molecular weight excluding hydrogens is 338 g/mol. The van der Waals surface area contributed by atoms with Crippen LogP contribution in [0.3, 0.4) is 0 Å². The number of nitrogens with one attached hydrogen (secondary N) is 2. The number of amides is 1. The van der Waals surface area contributed by atoms with Crippen LogP contribution in [0.5, 0.6) is 0 Å². The highest BCUT2D eigenvalue weighted by atomic mass is 16.5. The second-order valence-corrected chi connectivity index (χ2v) is 7.09. The number of carbonyl (C=O) groups is 1. The van der Waals surface area contributed by atoms with Crippen LogP contribution >= 0.6 is 0 Å². The van der Waals surface area contributed by atoms with Gasteiger partial charge >= 0.3 is 0 Å². The molecule has 1 amide bonds. The number of anilines is 1. The van der Waals surface area contributed by atoms with Gasteiger partial charge in [0.05, 0.1) is 12.6 Å². The van der Waals surface area contributed by atoms with Crippen LogP contribution in [0.1, 0.15) is 39.9 Å². The van der Waals surface area contributed by atoms with Crippen LogP contribution in [0, 0.1) is 20.8 Å². The first-order valence-electron chi connectivity index (χ1n) is 9.39. The van der Waals surface area contributed by atoms with Crippen molar-refractivity contribution in [2.45, 2.75) is 39.7 Å². The van der Waals surface area contributed by atoms with Crippen LogP contribution in [-0.2, 0) is 4.74 Å². The normalized spacial score (nSPS) is 17.0. The minimum Gasteiger partial charge on any atom is -0.376 e. The lowest BCUT2D eigenvalue weighted by Crippen LogP contribution is -2.37. The lowest BCUT2D eigenvalue weighted by Gasteiger charge is -2.15.